The second-order valence-electron chi connectivity index (χ2n) is 7.87. The first kappa shape index (κ1) is 24.1. The topological polar surface area (TPSA) is 134 Å². The Morgan fingerprint density at radius 1 is 0.722 bits per heavy atom. The van der Waals surface area contributed by atoms with Gasteiger partial charge in [-0.25, -0.2) is 9.48 Å². The van der Waals surface area contributed by atoms with E-state index in [1.54, 1.807) is 24.3 Å². The van der Waals surface area contributed by atoms with Gasteiger partial charge in [0.05, 0.1) is 11.9 Å². The van der Waals surface area contributed by atoms with Gasteiger partial charge < -0.3 is 10.6 Å². The number of rotatable bonds is 7. The fourth-order valence-electron chi connectivity index (χ4n) is 3.50. The molecule has 0 fully saturated rings. The molecule has 0 saturated carbocycles. The molecule has 1 heterocycles. The summed E-state index contributed by atoms with van der Waals surface area (Å²) in [7, 11) is 0. The smallest absolute Gasteiger partial charge is 0.315 e. The van der Waals surface area contributed by atoms with E-state index >= 15 is 0 Å². The summed E-state index contributed by atoms with van der Waals surface area (Å²) in [6, 6.07) is 24.7. The molecule has 10 heteroatoms. The molecule has 182 valence electrons. The van der Waals surface area contributed by atoms with Crippen molar-refractivity contribution in [2.45, 2.75) is 13.1 Å². The van der Waals surface area contributed by atoms with Crippen LogP contribution in [0.25, 0.3) is 10.8 Å². The molecule has 10 nitrogen and oxygen atoms in total. The Labute approximate surface area is 206 Å². The van der Waals surface area contributed by atoms with Gasteiger partial charge in [0.2, 0.25) is 0 Å². The first-order chi connectivity index (χ1) is 17.5. The molecular formula is C26H24N6O4. The standard InChI is InChI=1S/C26H24N6O4/c33-22(16-28-26(36)27-15-18-9-3-1-4-10-18)29-30-24(34)23-20-13-7-8-14-21(20)25(35)32(31-23)17-19-11-5-2-6-12-19/h1-14H,15-17H2,(H,29,33)(H,30,34)(H2,27,28,36). The Bertz CT molecular complexity index is 1440. The third-order valence-corrected chi connectivity index (χ3v) is 5.28. The van der Waals surface area contributed by atoms with Crippen LogP contribution >= 0.6 is 0 Å². The average Bonchev–Trinajstić information content (AvgIpc) is 2.92. The largest absolute Gasteiger partial charge is 0.334 e. The second kappa shape index (κ2) is 11.4. The van der Waals surface area contributed by atoms with Crippen molar-refractivity contribution >= 4 is 28.6 Å². The van der Waals surface area contributed by atoms with Gasteiger partial charge >= 0.3 is 6.03 Å². The van der Waals surface area contributed by atoms with Crippen LogP contribution in [0, 0.1) is 0 Å². The van der Waals surface area contributed by atoms with Gasteiger partial charge in [0.15, 0.2) is 5.69 Å². The van der Waals surface area contributed by atoms with Crippen LogP contribution < -0.4 is 27.0 Å². The lowest BCUT2D eigenvalue weighted by Gasteiger charge is -2.12. The lowest BCUT2D eigenvalue weighted by Crippen LogP contribution is -2.48. The van der Waals surface area contributed by atoms with Gasteiger partial charge in [-0.1, -0.05) is 78.9 Å². The van der Waals surface area contributed by atoms with E-state index in [2.05, 4.69) is 26.6 Å². The predicted molar refractivity (Wildman–Crippen MR) is 134 cm³/mol. The number of hydrogen-bond acceptors (Lipinski definition) is 5. The second-order valence-corrected chi connectivity index (χ2v) is 7.87. The van der Waals surface area contributed by atoms with E-state index in [0.717, 1.165) is 11.1 Å². The van der Waals surface area contributed by atoms with Crippen LogP contribution in [0.5, 0.6) is 0 Å². The van der Waals surface area contributed by atoms with Gasteiger partial charge in [-0.3, -0.25) is 25.2 Å². The van der Waals surface area contributed by atoms with Crippen LogP contribution in [0.1, 0.15) is 21.6 Å². The van der Waals surface area contributed by atoms with Crippen molar-refractivity contribution in [3.63, 3.8) is 0 Å². The quantitative estimate of drug-likeness (QED) is 0.296. The van der Waals surface area contributed by atoms with E-state index in [4.69, 9.17) is 0 Å². The zero-order chi connectivity index (χ0) is 25.3. The van der Waals surface area contributed by atoms with Crippen molar-refractivity contribution < 1.29 is 14.4 Å². The molecule has 4 amide bonds. The molecule has 1 aromatic heterocycles. The SMILES string of the molecule is O=C(CNC(=O)NCc1ccccc1)NNC(=O)c1nn(Cc2ccccc2)c(=O)c2ccccc12. The maximum Gasteiger partial charge on any atom is 0.315 e. The first-order valence-electron chi connectivity index (χ1n) is 11.2. The number of hydrogen-bond donors (Lipinski definition) is 4. The monoisotopic (exact) mass is 484 g/mol. The summed E-state index contributed by atoms with van der Waals surface area (Å²) in [5, 5.41) is 10.0. The first-order valence-corrected chi connectivity index (χ1v) is 11.2. The third-order valence-electron chi connectivity index (χ3n) is 5.28. The molecule has 4 rings (SSSR count). The van der Waals surface area contributed by atoms with Crippen LogP contribution in [0.3, 0.4) is 0 Å². The van der Waals surface area contributed by atoms with E-state index in [9.17, 15) is 19.2 Å². The molecule has 0 aliphatic heterocycles. The Balaban J connectivity index is 1.38. The zero-order valence-corrected chi connectivity index (χ0v) is 19.2. The molecule has 4 aromatic rings. The van der Waals surface area contributed by atoms with Crippen molar-refractivity contribution in [2.24, 2.45) is 0 Å². The summed E-state index contributed by atoms with van der Waals surface area (Å²) in [5.41, 5.74) is 5.95. The van der Waals surface area contributed by atoms with Crippen LogP contribution in [0.15, 0.2) is 89.7 Å². The number of carbonyl (C=O) groups is 3. The summed E-state index contributed by atoms with van der Waals surface area (Å²) in [4.78, 5) is 49.8. The van der Waals surface area contributed by atoms with E-state index < -0.39 is 17.8 Å². The molecule has 0 aliphatic carbocycles. The molecule has 0 spiro atoms. The van der Waals surface area contributed by atoms with Crippen molar-refractivity contribution in [1.82, 2.24) is 31.3 Å². The minimum absolute atomic E-state index is 0.0185. The molecule has 4 N–H and O–H groups in total. The van der Waals surface area contributed by atoms with Gasteiger partial charge in [-0.05, 0) is 17.2 Å². The fourth-order valence-corrected chi connectivity index (χ4v) is 3.50. The molecule has 36 heavy (non-hydrogen) atoms. The van der Waals surface area contributed by atoms with Crippen LogP contribution in [-0.4, -0.2) is 34.2 Å². The average molecular weight is 485 g/mol. The highest BCUT2D eigenvalue weighted by Gasteiger charge is 2.17. The van der Waals surface area contributed by atoms with Crippen molar-refractivity contribution in [3.8, 4) is 0 Å². The van der Waals surface area contributed by atoms with Gasteiger partial charge in [-0.2, -0.15) is 5.10 Å². The Morgan fingerprint density at radius 3 is 2.03 bits per heavy atom. The number of benzene rings is 3. The van der Waals surface area contributed by atoms with Crippen LogP contribution in [-0.2, 0) is 17.9 Å². The molecule has 0 aliphatic rings. The summed E-state index contributed by atoms with van der Waals surface area (Å²) >= 11 is 0. The molecule has 0 atom stereocenters. The number of fused-ring (bicyclic) bond motifs is 1. The predicted octanol–water partition coefficient (Wildman–Crippen LogP) is 1.71. The zero-order valence-electron chi connectivity index (χ0n) is 19.2. The number of urea groups is 1. The number of nitrogens with zero attached hydrogens (tertiary/aromatic N) is 2. The van der Waals surface area contributed by atoms with Crippen molar-refractivity contribution in [1.29, 1.82) is 0 Å². The Morgan fingerprint density at radius 2 is 1.33 bits per heavy atom. The lowest BCUT2D eigenvalue weighted by molar-refractivity contribution is -0.120. The maximum absolute atomic E-state index is 12.9. The van der Waals surface area contributed by atoms with Gasteiger partial charge in [0, 0.05) is 11.9 Å². The lowest BCUT2D eigenvalue weighted by atomic mass is 10.1. The highest BCUT2D eigenvalue weighted by atomic mass is 16.2. The number of aromatic nitrogens is 2. The van der Waals surface area contributed by atoms with E-state index in [0.29, 0.717) is 17.3 Å². The highest BCUT2D eigenvalue weighted by molar-refractivity contribution is 6.05. The summed E-state index contributed by atoms with van der Waals surface area (Å²) < 4.78 is 1.22. The molecule has 0 bridgehead atoms. The number of nitrogens with one attached hydrogen (secondary N) is 4. The highest BCUT2D eigenvalue weighted by Crippen LogP contribution is 2.13. The van der Waals surface area contributed by atoms with Gasteiger partial charge in [-0.15, -0.1) is 0 Å². The third kappa shape index (κ3) is 6.11. The molecular weight excluding hydrogens is 460 g/mol. The summed E-state index contributed by atoms with van der Waals surface area (Å²) in [6.45, 7) is 0.129. The van der Waals surface area contributed by atoms with Crippen molar-refractivity contribution in [3.05, 3.63) is 112 Å². The number of amides is 4. The van der Waals surface area contributed by atoms with Crippen molar-refractivity contribution in [2.75, 3.05) is 6.54 Å². The van der Waals surface area contributed by atoms with E-state index in [-0.39, 0.29) is 24.3 Å². The van der Waals surface area contributed by atoms with E-state index in [1.165, 1.54) is 4.68 Å². The number of carbonyl (C=O) groups excluding carboxylic acids is 3. The number of hydrazine groups is 1. The molecule has 0 radical (unpaired) electrons. The maximum atomic E-state index is 12.9. The minimum atomic E-state index is -0.699. The Hall–Kier alpha value is -4.99. The fraction of sp³-hybridized carbons (Fsp3) is 0.115. The summed E-state index contributed by atoms with van der Waals surface area (Å²) in [6.07, 6.45) is 0. The normalized spacial score (nSPS) is 10.4. The Kier molecular flexibility index (Phi) is 7.66. The van der Waals surface area contributed by atoms with Crippen LogP contribution in [0.4, 0.5) is 4.79 Å². The molecule has 3 aromatic carbocycles. The van der Waals surface area contributed by atoms with E-state index in [1.807, 2.05) is 60.7 Å². The van der Waals surface area contributed by atoms with Crippen LogP contribution in [0.2, 0.25) is 0 Å². The molecule has 0 saturated heterocycles. The summed E-state index contributed by atoms with van der Waals surface area (Å²) in [5.74, 6) is -1.34. The minimum Gasteiger partial charge on any atom is -0.334 e. The van der Waals surface area contributed by atoms with Gasteiger partial charge in [0.1, 0.15) is 6.54 Å². The van der Waals surface area contributed by atoms with Gasteiger partial charge in [0.25, 0.3) is 17.4 Å². The molecule has 0 unspecified atom stereocenters.